The van der Waals surface area contributed by atoms with Crippen LogP contribution in [0.2, 0.25) is 0 Å². The number of carbonyl (C=O) groups excluding carboxylic acids is 3. The van der Waals surface area contributed by atoms with E-state index in [1.165, 1.54) is 7.11 Å². The van der Waals surface area contributed by atoms with Gasteiger partial charge in [0.1, 0.15) is 18.5 Å². The number of hydrogen-bond donors (Lipinski definition) is 3. The molecular weight excluding hydrogens is 615 g/mol. The number of aldehydes is 1. The molecular formula is C29H39IN2O7. The highest BCUT2D eigenvalue weighted by Crippen LogP contribution is 2.38. The van der Waals surface area contributed by atoms with Gasteiger partial charge in [0.15, 0.2) is 11.5 Å². The Morgan fingerprint density at radius 1 is 1.18 bits per heavy atom. The van der Waals surface area contributed by atoms with Gasteiger partial charge in [-0.2, -0.15) is 0 Å². The van der Waals surface area contributed by atoms with Gasteiger partial charge in [-0.25, -0.2) is 0 Å². The van der Waals surface area contributed by atoms with Crippen molar-refractivity contribution < 1.29 is 34.1 Å². The van der Waals surface area contributed by atoms with E-state index in [1.807, 2.05) is 36.4 Å². The van der Waals surface area contributed by atoms with Gasteiger partial charge in [0.05, 0.1) is 23.3 Å². The lowest BCUT2D eigenvalue weighted by Gasteiger charge is -2.44. The first-order chi connectivity index (χ1) is 18.7. The first-order valence-corrected chi connectivity index (χ1v) is 14.5. The number of amides is 2. The molecule has 0 heterocycles. The first kappa shape index (κ1) is 31.1. The summed E-state index contributed by atoms with van der Waals surface area (Å²) in [7, 11) is 1.46. The standard InChI is InChI=1S/C29H39IN2O7/c1-18(2)12-26(35)32(21-8-6-4-5-7-9-21)23-15-20(29(37)31-10-11-33)16-24(27(23)36)39-28-22(30)13-19(17-34)14-25(28)38-3/h12-14,16-17,21,23-24,27,33,36H,4-11,15H2,1-3H3,(H,31,37). The Morgan fingerprint density at radius 2 is 1.87 bits per heavy atom. The number of rotatable bonds is 10. The predicted octanol–water partition coefficient (Wildman–Crippen LogP) is 3.55. The predicted molar refractivity (Wildman–Crippen MR) is 156 cm³/mol. The summed E-state index contributed by atoms with van der Waals surface area (Å²) in [5, 5.41) is 23.6. The minimum atomic E-state index is -1.14. The fourth-order valence-corrected chi connectivity index (χ4v) is 6.03. The molecule has 1 saturated carbocycles. The summed E-state index contributed by atoms with van der Waals surface area (Å²) in [5.41, 5.74) is 1.63. The average Bonchev–Trinajstić information content (AvgIpc) is 3.19. The minimum Gasteiger partial charge on any atom is -0.493 e. The molecule has 9 nitrogen and oxygen atoms in total. The van der Waals surface area contributed by atoms with Gasteiger partial charge >= 0.3 is 0 Å². The topological polar surface area (TPSA) is 125 Å². The summed E-state index contributed by atoms with van der Waals surface area (Å²) in [6.07, 6.45) is 7.74. The Hall–Kier alpha value is -2.44. The quantitative estimate of drug-likeness (QED) is 0.153. The third-order valence-electron chi connectivity index (χ3n) is 7.10. The summed E-state index contributed by atoms with van der Waals surface area (Å²) < 4.78 is 12.4. The van der Waals surface area contributed by atoms with Crippen molar-refractivity contribution in [2.45, 2.75) is 83.1 Å². The number of aliphatic hydroxyl groups excluding tert-OH is 2. The lowest BCUT2D eigenvalue weighted by atomic mass is 9.86. The van der Waals surface area contributed by atoms with Crippen LogP contribution >= 0.6 is 22.6 Å². The van der Waals surface area contributed by atoms with Crippen LogP contribution < -0.4 is 14.8 Å². The molecule has 3 unspecified atom stereocenters. The van der Waals surface area contributed by atoms with Crippen molar-refractivity contribution >= 4 is 40.7 Å². The molecule has 214 valence electrons. The molecule has 0 aromatic heterocycles. The third-order valence-corrected chi connectivity index (χ3v) is 7.90. The molecule has 0 radical (unpaired) electrons. The van der Waals surface area contributed by atoms with Crippen LogP contribution in [0.25, 0.3) is 0 Å². The Kier molecular flexibility index (Phi) is 11.8. The van der Waals surface area contributed by atoms with Gasteiger partial charge < -0.3 is 29.9 Å². The number of benzene rings is 1. The molecule has 1 aromatic carbocycles. The van der Waals surface area contributed by atoms with Gasteiger partial charge in [0, 0.05) is 36.2 Å². The zero-order chi connectivity index (χ0) is 28.5. The van der Waals surface area contributed by atoms with Crippen LogP contribution in [0.4, 0.5) is 0 Å². The monoisotopic (exact) mass is 654 g/mol. The highest BCUT2D eigenvalue weighted by Gasteiger charge is 2.43. The molecule has 39 heavy (non-hydrogen) atoms. The Balaban J connectivity index is 2.06. The van der Waals surface area contributed by atoms with E-state index in [1.54, 1.807) is 29.2 Å². The van der Waals surface area contributed by atoms with Gasteiger partial charge in [-0.3, -0.25) is 14.4 Å². The summed E-state index contributed by atoms with van der Waals surface area (Å²) in [5.74, 6) is 0.0721. The van der Waals surface area contributed by atoms with E-state index in [9.17, 15) is 24.6 Å². The van der Waals surface area contributed by atoms with Gasteiger partial charge in [-0.15, -0.1) is 0 Å². The van der Waals surface area contributed by atoms with Crippen molar-refractivity contribution in [2.75, 3.05) is 20.3 Å². The number of aliphatic hydroxyl groups is 2. The van der Waals surface area contributed by atoms with Crippen LogP contribution in [0.3, 0.4) is 0 Å². The van der Waals surface area contributed by atoms with Crippen molar-refractivity contribution in [3.8, 4) is 11.5 Å². The van der Waals surface area contributed by atoms with Crippen molar-refractivity contribution in [3.63, 3.8) is 0 Å². The Morgan fingerprint density at radius 3 is 2.46 bits per heavy atom. The van der Waals surface area contributed by atoms with E-state index in [0.717, 1.165) is 44.1 Å². The number of hydrogen-bond acceptors (Lipinski definition) is 7. The molecule has 10 heteroatoms. The highest BCUT2D eigenvalue weighted by atomic mass is 127. The number of ether oxygens (including phenoxy) is 2. The maximum absolute atomic E-state index is 13.6. The average molecular weight is 655 g/mol. The third kappa shape index (κ3) is 8.04. The molecule has 2 aliphatic carbocycles. The van der Waals surface area contributed by atoms with Crippen LogP contribution in [0.1, 0.15) is 69.2 Å². The largest absolute Gasteiger partial charge is 0.493 e. The van der Waals surface area contributed by atoms with E-state index in [0.29, 0.717) is 32.5 Å². The fraction of sp³-hybridized carbons (Fsp3) is 0.552. The Bertz CT molecular complexity index is 1090. The maximum atomic E-state index is 13.6. The molecule has 1 aromatic rings. The second-order valence-corrected chi connectivity index (χ2v) is 11.4. The number of methoxy groups -OCH3 is 1. The van der Waals surface area contributed by atoms with E-state index < -0.39 is 18.2 Å². The van der Waals surface area contributed by atoms with Crippen LogP contribution in [0.5, 0.6) is 11.5 Å². The van der Waals surface area contributed by atoms with Gasteiger partial charge in [0.2, 0.25) is 11.8 Å². The lowest BCUT2D eigenvalue weighted by Crippen LogP contribution is -2.57. The van der Waals surface area contributed by atoms with E-state index in [2.05, 4.69) is 5.32 Å². The lowest BCUT2D eigenvalue weighted by molar-refractivity contribution is -0.137. The molecule has 0 spiro atoms. The van der Waals surface area contributed by atoms with Crippen LogP contribution in [-0.4, -0.2) is 77.8 Å². The number of carbonyl (C=O) groups is 3. The van der Waals surface area contributed by atoms with Crippen LogP contribution in [0, 0.1) is 3.57 Å². The number of nitrogens with zero attached hydrogens (tertiary/aromatic N) is 1. The molecule has 0 bridgehead atoms. The molecule has 0 aliphatic heterocycles. The molecule has 3 rings (SSSR count). The summed E-state index contributed by atoms with van der Waals surface area (Å²) >= 11 is 2.03. The molecule has 1 fully saturated rings. The SMILES string of the molecule is COc1cc(C=O)cc(I)c1OC1C=C(C(=O)NCCO)CC(N(C(=O)C=C(C)C)C2CCCCCC2)C1O. The molecule has 3 atom stereocenters. The summed E-state index contributed by atoms with van der Waals surface area (Å²) in [4.78, 5) is 39.8. The second-order valence-electron chi connectivity index (χ2n) is 10.3. The summed E-state index contributed by atoms with van der Waals surface area (Å²) in [6.45, 7) is 3.59. The first-order valence-electron chi connectivity index (χ1n) is 13.4. The fourth-order valence-electron chi connectivity index (χ4n) is 5.28. The van der Waals surface area contributed by atoms with E-state index >= 15 is 0 Å². The zero-order valence-electron chi connectivity index (χ0n) is 22.8. The zero-order valence-corrected chi connectivity index (χ0v) is 25.0. The van der Waals surface area contributed by atoms with Crippen molar-refractivity contribution in [1.29, 1.82) is 0 Å². The molecule has 3 N–H and O–H groups in total. The maximum Gasteiger partial charge on any atom is 0.247 e. The number of nitrogens with one attached hydrogen (secondary N) is 1. The van der Waals surface area contributed by atoms with Crippen LogP contribution in [0.15, 0.2) is 35.4 Å². The van der Waals surface area contributed by atoms with E-state index in [-0.39, 0.29) is 37.4 Å². The highest BCUT2D eigenvalue weighted by molar-refractivity contribution is 14.1. The minimum absolute atomic E-state index is 0.0719. The van der Waals surface area contributed by atoms with Crippen LogP contribution in [-0.2, 0) is 9.59 Å². The smallest absolute Gasteiger partial charge is 0.247 e. The molecule has 0 saturated heterocycles. The molecule has 2 amide bonds. The normalized spacial score (nSPS) is 21.7. The summed E-state index contributed by atoms with van der Waals surface area (Å²) in [6, 6.07) is 2.41. The van der Waals surface area contributed by atoms with Gasteiger partial charge in [-0.05, 0) is 67.5 Å². The van der Waals surface area contributed by atoms with Gasteiger partial charge in [-0.1, -0.05) is 31.3 Å². The van der Waals surface area contributed by atoms with Crippen molar-refractivity contribution in [1.82, 2.24) is 10.2 Å². The Labute approximate surface area is 243 Å². The number of allylic oxidation sites excluding steroid dienone is 1. The second kappa shape index (κ2) is 14.8. The number of halogens is 1. The van der Waals surface area contributed by atoms with E-state index in [4.69, 9.17) is 9.47 Å². The van der Waals surface area contributed by atoms with Gasteiger partial charge in [0.25, 0.3) is 0 Å². The van der Waals surface area contributed by atoms with Crippen molar-refractivity contribution in [2.24, 2.45) is 0 Å². The molecule has 2 aliphatic rings. The van der Waals surface area contributed by atoms with Crippen molar-refractivity contribution in [3.05, 3.63) is 44.6 Å².